The molecule has 5 nitrogen and oxygen atoms in total. The number of nitrogens with zero attached hydrogens (tertiary/aromatic N) is 2. The standard InChI is InChI=1S/C14H16Cl2N2O3S/c1-8(2)13-14(18(3)12(7-19)17-13)22(20,21)11-5-9(15)4-10(16)6-11/h4-6,8,19H,7H2,1-3H3. The van der Waals surface area contributed by atoms with Gasteiger partial charge in [-0.25, -0.2) is 13.4 Å². The molecule has 1 aromatic carbocycles. The van der Waals surface area contributed by atoms with Crippen molar-refractivity contribution >= 4 is 33.0 Å². The van der Waals surface area contributed by atoms with Crippen LogP contribution in [0, 0.1) is 0 Å². The van der Waals surface area contributed by atoms with E-state index in [-0.39, 0.29) is 38.3 Å². The fourth-order valence-corrected chi connectivity index (χ4v) is 4.65. The summed E-state index contributed by atoms with van der Waals surface area (Å²) < 4.78 is 27.3. The number of rotatable bonds is 4. The molecule has 0 atom stereocenters. The maximum Gasteiger partial charge on any atom is 0.224 e. The van der Waals surface area contributed by atoms with Gasteiger partial charge in [-0.3, -0.25) is 0 Å². The average molecular weight is 363 g/mol. The lowest BCUT2D eigenvalue weighted by Crippen LogP contribution is -2.12. The van der Waals surface area contributed by atoms with Crippen molar-refractivity contribution in [1.82, 2.24) is 9.55 Å². The molecule has 0 saturated carbocycles. The van der Waals surface area contributed by atoms with Gasteiger partial charge in [-0.05, 0) is 24.1 Å². The van der Waals surface area contributed by atoms with Crippen LogP contribution >= 0.6 is 23.2 Å². The molecule has 0 aliphatic heterocycles. The van der Waals surface area contributed by atoms with E-state index in [0.29, 0.717) is 5.69 Å². The highest BCUT2D eigenvalue weighted by molar-refractivity contribution is 7.91. The van der Waals surface area contributed by atoms with Crippen molar-refractivity contribution in [2.45, 2.75) is 36.3 Å². The second-order valence-corrected chi connectivity index (χ2v) is 7.94. The smallest absolute Gasteiger partial charge is 0.224 e. The van der Waals surface area contributed by atoms with E-state index in [1.807, 2.05) is 13.8 Å². The van der Waals surface area contributed by atoms with Crippen LogP contribution in [-0.4, -0.2) is 23.1 Å². The Bertz CT molecular complexity index is 793. The molecule has 0 amide bonds. The van der Waals surface area contributed by atoms with Gasteiger partial charge in [0.1, 0.15) is 12.4 Å². The molecular weight excluding hydrogens is 347 g/mol. The third-order valence-corrected chi connectivity index (χ3v) is 5.53. The summed E-state index contributed by atoms with van der Waals surface area (Å²) in [6, 6.07) is 4.16. The first-order chi connectivity index (χ1) is 10.2. The normalized spacial score (nSPS) is 12.1. The van der Waals surface area contributed by atoms with E-state index >= 15 is 0 Å². The second kappa shape index (κ2) is 6.20. The third kappa shape index (κ3) is 3.01. The fraction of sp³-hybridized carbons (Fsp3) is 0.357. The van der Waals surface area contributed by atoms with Crippen LogP contribution in [0.3, 0.4) is 0 Å². The molecule has 0 aliphatic rings. The molecule has 0 aliphatic carbocycles. The van der Waals surface area contributed by atoms with Gasteiger partial charge in [-0.1, -0.05) is 37.0 Å². The van der Waals surface area contributed by atoms with Crippen LogP contribution in [-0.2, 0) is 23.5 Å². The average Bonchev–Trinajstić information content (AvgIpc) is 2.75. The van der Waals surface area contributed by atoms with E-state index in [1.54, 1.807) is 7.05 Å². The number of hydrogen-bond donors (Lipinski definition) is 1. The molecule has 1 heterocycles. The molecule has 22 heavy (non-hydrogen) atoms. The van der Waals surface area contributed by atoms with Crippen molar-refractivity contribution in [1.29, 1.82) is 0 Å². The first kappa shape index (κ1) is 17.3. The molecule has 120 valence electrons. The Hall–Kier alpha value is -1.08. The number of imidazole rings is 1. The lowest BCUT2D eigenvalue weighted by atomic mass is 10.2. The van der Waals surface area contributed by atoms with Crippen molar-refractivity contribution in [2.75, 3.05) is 0 Å². The van der Waals surface area contributed by atoms with Gasteiger partial charge >= 0.3 is 0 Å². The largest absolute Gasteiger partial charge is 0.388 e. The van der Waals surface area contributed by atoms with Crippen LogP contribution < -0.4 is 0 Å². The number of sulfone groups is 1. The summed E-state index contributed by atoms with van der Waals surface area (Å²) in [7, 11) is -2.30. The number of hydrogen-bond acceptors (Lipinski definition) is 4. The third-order valence-electron chi connectivity index (χ3n) is 3.25. The number of aliphatic hydroxyl groups excluding tert-OH is 1. The van der Waals surface area contributed by atoms with Crippen molar-refractivity contribution in [3.8, 4) is 0 Å². The maximum atomic E-state index is 13.0. The van der Waals surface area contributed by atoms with Crippen molar-refractivity contribution in [3.05, 3.63) is 39.8 Å². The van der Waals surface area contributed by atoms with Gasteiger partial charge < -0.3 is 9.67 Å². The number of benzene rings is 1. The molecule has 0 saturated heterocycles. The SMILES string of the molecule is CC(C)c1nc(CO)n(C)c1S(=O)(=O)c1cc(Cl)cc(Cl)c1. The Balaban J connectivity index is 2.76. The lowest BCUT2D eigenvalue weighted by Gasteiger charge is -2.11. The number of aliphatic hydroxyl groups is 1. The zero-order valence-corrected chi connectivity index (χ0v) is 14.7. The van der Waals surface area contributed by atoms with E-state index in [0.717, 1.165) is 0 Å². The summed E-state index contributed by atoms with van der Waals surface area (Å²) in [5, 5.41) is 9.86. The van der Waals surface area contributed by atoms with Gasteiger partial charge in [-0.15, -0.1) is 0 Å². The highest BCUT2D eigenvalue weighted by Crippen LogP contribution is 2.31. The summed E-state index contributed by atoms with van der Waals surface area (Å²) >= 11 is 11.8. The predicted octanol–water partition coefficient (Wildman–Crippen LogP) is 3.18. The van der Waals surface area contributed by atoms with Crippen molar-refractivity contribution in [2.24, 2.45) is 7.05 Å². The molecule has 2 aromatic rings. The second-order valence-electron chi connectivity index (χ2n) is 5.20. The van der Waals surface area contributed by atoms with Crippen LogP contribution in [0.15, 0.2) is 28.1 Å². The monoisotopic (exact) mass is 362 g/mol. The minimum Gasteiger partial charge on any atom is -0.388 e. The predicted molar refractivity (Wildman–Crippen MR) is 85.1 cm³/mol. The van der Waals surface area contributed by atoms with Crippen LogP contribution in [0.4, 0.5) is 0 Å². The Labute approximate surface area is 139 Å². The quantitative estimate of drug-likeness (QED) is 0.906. The molecule has 0 unspecified atom stereocenters. The summed E-state index contributed by atoms with van der Waals surface area (Å²) in [5.74, 6) is 0.168. The highest BCUT2D eigenvalue weighted by Gasteiger charge is 2.29. The first-order valence-electron chi connectivity index (χ1n) is 6.56. The summed E-state index contributed by atoms with van der Waals surface area (Å²) in [5.41, 5.74) is 0.405. The van der Waals surface area contributed by atoms with Gasteiger partial charge in [0.05, 0.1) is 10.6 Å². The van der Waals surface area contributed by atoms with Gasteiger partial charge in [0.2, 0.25) is 9.84 Å². The van der Waals surface area contributed by atoms with Crippen LogP contribution in [0.25, 0.3) is 0 Å². The van der Waals surface area contributed by atoms with Gasteiger partial charge in [0.15, 0.2) is 5.03 Å². The van der Waals surface area contributed by atoms with E-state index < -0.39 is 9.84 Å². The number of aromatic nitrogens is 2. The molecular formula is C14H16Cl2N2O3S. The van der Waals surface area contributed by atoms with E-state index in [2.05, 4.69) is 4.98 Å². The maximum absolute atomic E-state index is 13.0. The van der Waals surface area contributed by atoms with Gasteiger partial charge in [0, 0.05) is 17.1 Å². The lowest BCUT2D eigenvalue weighted by molar-refractivity contribution is 0.266. The Morgan fingerprint density at radius 2 is 1.77 bits per heavy atom. The zero-order chi connectivity index (χ0) is 16.7. The summed E-state index contributed by atoms with van der Waals surface area (Å²) in [6.45, 7) is 3.34. The fourth-order valence-electron chi connectivity index (χ4n) is 2.18. The number of halogens is 2. The molecule has 8 heteroatoms. The van der Waals surface area contributed by atoms with Gasteiger partial charge in [0.25, 0.3) is 0 Å². The van der Waals surface area contributed by atoms with E-state index in [1.165, 1.54) is 22.8 Å². The summed E-state index contributed by atoms with van der Waals surface area (Å²) in [4.78, 5) is 4.23. The topological polar surface area (TPSA) is 72.2 Å². The Morgan fingerprint density at radius 1 is 1.23 bits per heavy atom. The summed E-state index contributed by atoms with van der Waals surface area (Å²) in [6.07, 6.45) is 0. The molecule has 0 spiro atoms. The molecule has 2 rings (SSSR count). The van der Waals surface area contributed by atoms with Crippen LogP contribution in [0.2, 0.25) is 10.0 Å². The molecule has 0 radical (unpaired) electrons. The Kier molecular flexibility index (Phi) is 4.87. The molecule has 0 fully saturated rings. The van der Waals surface area contributed by atoms with E-state index in [9.17, 15) is 13.5 Å². The molecule has 0 bridgehead atoms. The zero-order valence-electron chi connectivity index (χ0n) is 12.3. The minimum atomic E-state index is -3.86. The van der Waals surface area contributed by atoms with E-state index in [4.69, 9.17) is 23.2 Å². The molecule has 1 N–H and O–H groups in total. The highest BCUT2D eigenvalue weighted by atomic mass is 35.5. The van der Waals surface area contributed by atoms with Gasteiger partial charge in [-0.2, -0.15) is 0 Å². The Morgan fingerprint density at radius 3 is 2.23 bits per heavy atom. The van der Waals surface area contributed by atoms with Crippen LogP contribution in [0.5, 0.6) is 0 Å². The molecule has 1 aromatic heterocycles. The van der Waals surface area contributed by atoms with Crippen LogP contribution in [0.1, 0.15) is 31.3 Å². The van der Waals surface area contributed by atoms with Crippen molar-refractivity contribution < 1.29 is 13.5 Å². The minimum absolute atomic E-state index is 0.000565. The van der Waals surface area contributed by atoms with Crippen molar-refractivity contribution in [3.63, 3.8) is 0 Å². The first-order valence-corrected chi connectivity index (χ1v) is 8.80.